The van der Waals surface area contributed by atoms with Gasteiger partial charge in [-0.1, -0.05) is 0 Å². The molecule has 0 bridgehead atoms. The molecule has 0 amide bonds. The second-order valence-electron chi connectivity index (χ2n) is 7.17. The highest BCUT2D eigenvalue weighted by Gasteiger charge is 2.36. The van der Waals surface area contributed by atoms with Gasteiger partial charge in [-0.3, -0.25) is 9.58 Å². The number of aryl methyl sites for hydroxylation is 1. The van der Waals surface area contributed by atoms with E-state index in [1.54, 1.807) is 0 Å². The van der Waals surface area contributed by atoms with Crippen LogP contribution in [0.1, 0.15) is 42.0 Å². The number of benzene rings is 1. The Morgan fingerprint density at radius 1 is 1.08 bits per heavy atom. The van der Waals surface area contributed by atoms with Gasteiger partial charge in [-0.15, -0.1) is 0 Å². The predicted molar refractivity (Wildman–Crippen MR) is 87.1 cm³/mol. The number of halogens is 3. The summed E-state index contributed by atoms with van der Waals surface area (Å²) >= 11 is 0. The van der Waals surface area contributed by atoms with Gasteiger partial charge in [-0.05, 0) is 30.9 Å². The van der Waals surface area contributed by atoms with Crippen molar-refractivity contribution in [2.75, 3.05) is 0 Å². The number of aromatic nitrogens is 2. The number of nitrogens with zero attached hydrogens (tertiary/aromatic N) is 3. The maximum absolute atomic E-state index is 14.1. The summed E-state index contributed by atoms with van der Waals surface area (Å²) in [5, 5.41) is 4.27. The maximum atomic E-state index is 14.1. The van der Waals surface area contributed by atoms with Crippen molar-refractivity contribution in [1.29, 1.82) is 0 Å². The highest BCUT2D eigenvalue weighted by molar-refractivity contribution is 5.27. The number of fused-ring (bicyclic) bond motifs is 1. The third-order valence-corrected chi connectivity index (χ3v) is 5.70. The van der Waals surface area contributed by atoms with Crippen LogP contribution in [-0.4, -0.2) is 26.8 Å². The topological polar surface area (TPSA) is 47.1 Å². The van der Waals surface area contributed by atoms with Crippen LogP contribution in [0.4, 0.5) is 13.2 Å². The molecule has 1 aliphatic carbocycles. The van der Waals surface area contributed by atoms with Crippen LogP contribution in [-0.2, 0) is 20.1 Å². The molecule has 4 rings (SSSR count). The molecule has 1 saturated carbocycles. The largest absolute Gasteiger partial charge is 0.327 e. The van der Waals surface area contributed by atoms with E-state index in [-0.39, 0.29) is 17.5 Å². The van der Waals surface area contributed by atoms with E-state index in [9.17, 15) is 13.2 Å². The van der Waals surface area contributed by atoms with E-state index in [1.807, 2.05) is 17.9 Å². The van der Waals surface area contributed by atoms with Crippen molar-refractivity contribution < 1.29 is 13.2 Å². The molecular weight excluding hydrogens is 329 g/mol. The van der Waals surface area contributed by atoms with Crippen molar-refractivity contribution in [2.24, 2.45) is 12.8 Å². The summed E-state index contributed by atoms with van der Waals surface area (Å²) in [5.74, 6) is -3.17. The highest BCUT2D eigenvalue weighted by atomic mass is 19.2. The van der Waals surface area contributed by atoms with Crippen molar-refractivity contribution in [2.45, 2.75) is 50.4 Å². The Kier molecular flexibility index (Phi) is 4.08. The Labute approximate surface area is 144 Å². The highest BCUT2D eigenvalue weighted by Crippen LogP contribution is 2.38. The molecule has 0 spiro atoms. The van der Waals surface area contributed by atoms with Gasteiger partial charge in [0.1, 0.15) is 5.82 Å². The quantitative estimate of drug-likeness (QED) is 0.848. The first-order valence-electron chi connectivity index (χ1n) is 8.58. The van der Waals surface area contributed by atoms with E-state index >= 15 is 0 Å². The lowest BCUT2D eigenvalue weighted by atomic mass is 9.77. The minimum absolute atomic E-state index is 0.193. The van der Waals surface area contributed by atoms with Crippen LogP contribution < -0.4 is 5.73 Å². The van der Waals surface area contributed by atoms with Gasteiger partial charge in [0, 0.05) is 49.8 Å². The molecule has 0 radical (unpaired) electrons. The molecule has 2 aliphatic rings. The summed E-state index contributed by atoms with van der Waals surface area (Å²) < 4.78 is 42.7. The smallest absolute Gasteiger partial charge is 0.161 e. The third-order valence-electron chi connectivity index (χ3n) is 5.70. The standard InChI is InChI=1S/C18H21F3N4/c1-24-18-9-25(8-10(18)7-23-24)11-2-3-12(17(22)4-11)13-5-15(20)16(21)6-14(13)19/h5-7,11-12,17H,2-4,8-9,22H2,1H3/t11-,12+,17?/m0/s1. The van der Waals surface area contributed by atoms with E-state index in [1.165, 1.54) is 11.3 Å². The summed E-state index contributed by atoms with van der Waals surface area (Å²) in [6.07, 6.45) is 4.14. The van der Waals surface area contributed by atoms with E-state index in [4.69, 9.17) is 5.73 Å². The molecule has 1 aliphatic heterocycles. The Balaban J connectivity index is 1.47. The first-order valence-corrected chi connectivity index (χ1v) is 8.58. The van der Waals surface area contributed by atoms with Gasteiger partial charge in [0.25, 0.3) is 0 Å². The molecule has 2 N–H and O–H groups in total. The Morgan fingerprint density at radius 3 is 2.56 bits per heavy atom. The van der Waals surface area contributed by atoms with Crippen LogP contribution in [0.15, 0.2) is 18.3 Å². The first-order chi connectivity index (χ1) is 11.9. The van der Waals surface area contributed by atoms with Crippen LogP contribution in [0.5, 0.6) is 0 Å². The van der Waals surface area contributed by atoms with Gasteiger partial charge >= 0.3 is 0 Å². The second kappa shape index (κ2) is 6.14. The molecular formula is C18H21F3N4. The molecule has 25 heavy (non-hydrogen) atoms. The van der Waals surface area contributed by atoms with Gasteiger partial charge in [-0.2, -0.15) is 5.10 Å². The fraction of sp³-hybridized carbons (Fsp3) is 0.500. The van der Waals surface area contributed by atoms with E-state index in [0.29, 0.717) is 24.9 Å². The monoisotopic (exact) mass is 350 g/mol. The molecule has 3 atom stereocenters. The van der Waals surface area contributed by atoms with Crippen LogP contribution in [0, 0.1) is 17.5 Å². The van der Waals surface area contributed by atoms with E-state index in [2.05, 4.69) is 10.00 Å². The normalized spacial score (nSPS) is 26.8. The second-order valence-corrected chi connectivity index (χ2v) is 7.17. The molecule has 0 saturated heterocycles. The zero-order valence-electron chi connectivity index (χ0n) is 14.1. The van der Waals surface area contributed by atoms with Crippen LogP contribution >= 0.6 is 0 Å². The predicted octanol–water partition coefficient (Wildman–Crippen LogP) is 2.82. The molecule has 1 aromatic heterocycles. The van der Waals surface area contributed by atoms with Crippen LogP contribution in [0.2, 0.25) is 0 Å². The molecule has 1 aromatic carbocycles. The van der Waals surface area contributed by atoms with Crippen LogP contribution in [0.3, 0.4) is 0 Å². The Bertz CT molecular complexity index is 804. The molecule has 2 aromatic rings. The third kappa shape index (κ3) is 2.85. The zero-order chi connectivity index (χ0) is 17.7. The van der Waals surface area contributed by atoms with E-state index in [0.717, 1.165) is 25.6 Å². The molecule has 7 heteroatoms. The zero-order valence-corrected chi connectivity index (χ0v) is 14.1. The maximum Gasteiger partial charge on any atom is 0.161 e. The summed E-state index contributed by atoms with van der Waals surface area (Å²) in [4.78, 5) is 2.38. The van der Waals surface area contributed by atoms with Crippen molar-refractivity contribution in [3.8, 4) is 0 Å². The van der Waals surface area contributed by atoms with Gasteiger partial charge < -0.3 is 5.73 Å². The van der Waals surface area contributed by atoms with Crippen molar-refractivity contribution >= 4 is 0 Å². The Morgan fingerprint density at radius 2 is 1.84 bits per heavy atom. The van der Waals surface area contributed by atoms with Gasteiger partial charge in [-0.25, -0.2) is 13.2 Å². The summed E-state index contributed by atoms with van der Waals surface area (Å²) in [6, 6.07) is 1.62. The minimum Gasteiger partial charge on any atom is -0.327 e. The molecule has 1 fully saturated rings. The van der Waals surface area contributed by atoms with Crippen molar-refractivity contribution in [3.05, 3.63) is 52.6 Å². The van der Waals surface area contributed by atoms with Gasteiger partial charge in [0.2, 0.25) is 0 Å². The van der Waals surface area contributed by atoms with Gasteiger partial charge in [0.05, 0.1) is 11.9 Å². The summed E-state index contributed by atoms with van der Waals surface area (Å²) in [5.41, 5.74) is 8.97. The Hall–Kier alpha value is -1.86. The van der Waals surface area contributed by atoms with Crippen LogP contribution in [0.25, 0.3) is 0 Å². The lowest BCUT2D eigenvalue weighted by Gasteiger charge is -2.38. The van der Waals surface area contributed by atoms with E-state index < -0.39 is 17.5 Å². The van der Waals surface area contributed by atoms with Crippen molar-refractivity contribution in [3.63, 3.8) is 0 Å². The summed E-state index contributed by atoms with van der Waals surface area (Å²) in [7, 11) is 1.94. The minimum atomic E-state index is -1.16. The fourth-order valence-electron chi connectivity index (χ4n) is 4.29. The number of hydrogen-bond donors (Lipinski definition) is 1. The fourth-order valence-corrected chi connectivity index (χ4v) is 4.29. The number of rotatable bonds is 2. The summed E-state index contributed by atoms with van der Waals surface area (Å²) in [6.45, 7) is 1.69. The first kappa shape index (κ1) is 16.6. The van der Waals surface area contributed by atoms with Gasteiger partial charge in [0.15, 0.2) is 11.6 Å². The average Bonchev–Trinajstić information content (AvgIpc) is 3.14. The average molecular weight is 350 g/mol. The number of hydrogen-bond acceptors (Lipinski definition) is 3. The SMILES string of the molecule is Cn1ncc2c1CN([C@H]1CC[C@H](c3cc(F)c(F)cc3F)C(N)C1)C2. The number of nitrogens with two attached hydrogens (primary N) is 1. The molecule has 2 heterocycles. The lowest BCUT2D eigenvalue weighted by Crippen LogP contribution is -2.44. The lowest BCUT2D eigenvalue weighted by molar-refractivity contribution is 0.135. The van der Waals surface area contributed by atoms with Crippen molar-refractivity contribution in [1.82, 2.24) is 14.7 Å². The molecule has 1 unspecified atom stereocenters. The molecule has 134 valence electrons. The molecule has 4 nitrogen and oxygen atoms in total.